The minimum Gasteiger partial charge on any atom is -0.343 e. The number of likely N-dealkylation sites (tertiary alicyclic amines) is 1. The molecule has 32 heavy (non-hydrogen) atoms. The maximum atomic E-state index is 13.0. The van der Waals surface area contributed by atoms with Gasteiger partial charge in [0.25, 0.3) is 5.56 Å². The molecule has 0 atom stereocenters. The monoisotopic (exact) mass is 451 g/mol. The fourth-order valence-corrected chi connectivity index (χ4v) is 4.35. The zero-order chi connectivity index (χ0) is 22.5. The molecule has 0 aliphatic carbocycles. The molecule has 1 aliphatic rings. The summed E-state index contributed by atoms with van der Waals surface area (Å²) < 4.78 is 1.67. The lowest BCUT2D eigenvalue weighted by molar-refractivity contribution is -0.127. The first-order valence-electron chi connectivity index (χ1n) is 11.0. The lowest BCUT2D eigenvalue weighted by Gasteiger charge is -2.16. The van der Waals surface area contributed by atoms with Gasteiger partial charge in [-0.25, -0.2) is 0 Å². The predicted octanol–water partition coefficient (Wildman–Crippen LogP) is 4.24. The topological polar surface area (TPSA) is 71.4 Å². The van der Waals surface area contributed by atoms with E-state index in [0.717, 1.165) is 30.3 Å². The second-order valence-corrected chi connectivity index (χ2v) is 8.53. The molecule has 1 saturated heterocycles. The Balaban J connectivity index is 1.41. The Labute approximate surface area is 191 Å². The maximum Gasteiger partial charge on any atom is 0.258 e. The second kappa shape index (κ2) is 10.0. The van der Waals surface area contributed by atoms with E-state index in [1.54, 1.807) is 29.0 Å². The molecule has 6 nitrogen and oxygen atoms in total. The molecule has 2 aromatic carbocycles. The van der Waals surface area contributed by atoms with Gasteiger partial charge in [-0.1, -0.05) is 29.8 Å². The van der Waals surface area contributed by atoms with E-state index in [1.807, 2.05) is 35.2 Å². The van der Waals surface area contributed by atoms with Gasteiger partial charge in [0.05, 0.1) is 0 Å². The van der Waals surface area contributed by atoms with E-state index in [-0.39, 0.29) is 17.4 Å². The third-order valence-electron chi connectivity index (χ3n) is 5.82. The van der Waals surface area contributed by atoms with E-state index < -0.39 is 0 Å². The van der Waals surface area contributed by atoms with E-state index in [0.29, 0.717) is 48.4 Å². The molecule has 0 spiro atoms. The molecule has 1 N–H and O–H groups in total. The summed E-state index contributed by atoms with van der Waals surface area (Å²) in [6.07, 6.45) is 4.95. The maximum absolute atomic E-state index is 13.0. The Hall–Kier alpha value is -3.12. The normalized spacial score (nSPS) is 13.7. The van der Waals surface area contributed by atoms with Crippen molar-refractivity contribution in [2.24, 2.45) is 0 Å². The predicted molar refractivity (Wildman–Crippen MR) is 127 cm³/mol. The van der Waals surface area contributed by atoms with Crippen molar-refractivity contribution >= 4 is 39.9 Å². The van der Waals surface area contributed by atoms with Crippen LogP contribution in [0.2, 0.25) is 5.02 Å². The highest BCUT2D eigenvalue weighted by molar-refractivity contribution is 6.30. The highest BCUT2D eigenvalue weighted by Gasteiger charge is 2.19. The zero-order valence-electron chi connectivity index (χ0n) is 17.9. The SMILES string of the molecule is O=C(CCc1cccc(Cl)c1)Nc1cccc2c(=O)n(CCCN3CCCC3=O)ccc12. The second-order valence-electron chi connectivity index (χ2n) is 8.10. The number of aryl methyl sites for hydroxylation is 2. The Bertz CT molecular complexity index is 1200. The van der Waals surface area contributed by atoms with Crippen molar-refractivity contribution in [2.45, 2.75) is 38.6 Å². The van der Waals surface area contributed by atoms with E-state index in [1.165, 1.54) is 0 Å². The first-order chi connectivity index (χ1) is 15.5. The fourth-order valence-electron chi connectivity index (χ4n) is 4.14. The molecule has 0 saturated carbocycles. The Morgan fingerprint density at radius 2 is 1.88 bits per heavy atom. The Morgan fingerprint density at radius 3 is 2.66 bits per heavy atom. The first kappa shape index (κ1) is 22.1. The minimum atomic E-state index is -0.114. The number of nitrogens with zero attached hydrogens (tertiary/aromatic N) is 2. The highest BCUT2D eigenvalue weighted by atomic mass is 35.5. The molecule has 0 unspecified atom stereocenters. The number of fused-ring (bicyclic) bond motifs is 1. The van der Waals surface area contributed by atoms with Crippen LogP contribution in [0.25, 0.3) is 10.8 Å². The molecule has 1 aliphatic heterocycles. The number of anilines is 1. The third kappa shape index (κ3) is 5.19. The summed E-state index contributed by atoms with van der Waals surface area (Å²) >= 11 is 6.00. The average molecular weight is 452 g/mol. The summed E-state index contributed by atoms with van der Waals surface area (Å²) in [5, 5.41) is 4.88. The highest BCUT2D eigenvalue weighted by Crippen LogP contribution is 2.21. The Morgan fingerprint density at radius 1 is 1.03 bits per heavy atom. The number of rotatable bonds is 8. The van der Waals surface area contributed by atoms with Crippen LogP contribution in [-0.2, 0) is 22.6 Å². The third-order valence-corrected chi connectivity index (χ3v) is 6.06. The van der Waals surface area contributed by atoms with Gasteiger partial charge in [0.1, 0.15) is 0 Å². The number of nitrogens with one attached hydrogen (secondary N) is 1. The lowest BCUT2D eigenvalue weighted by atomic mass is 10.1. The van der Waals surface area contributed by atoms with Crippen LogP contribution in [0.3, 0.4) is 0 Å². The zero-order valence-corrected chi connectivity index (χ0v) is 18.6. The van der Waals surface area contributed by atoms with Gasteiger partial charge >= 0.3 is 0 Å². The van der Waals surface area contributed by atoms with Crippen molar-refractivity contribution in [3.63, 3.8) is 0 Å². The van der Waals surface area contributed by atoms with Crippen LogP contribution in [0.1, 0.15) is 31.2 Å². The number of pyridine rings is 1. The van der Waals surface area contributed by atoms with E-state index >= 15 is 0 Å². The molecule has 0 radical (unpaired) electrons. The number of halogens is 1. The number of hydrogen-bond donors (Lipinski definition) is 1. The molecule has 0 bridgehead atoms. The number of hydrogen-bond acceptors (Lipinski definition) is 3. The van der Waals surface area contributed by atoms with Crippen molar-refractivity contribution < 1.29 is 9.59 Å². The molecule has 2 amide bonds. The number of carbonyl (C=O) groups excluding carboxylic acids is 2. The van der Waals surface area contributed by atoms with Gasteiger partial charge in [-0.15, -0.1) is 0 Å². The molecule has 1 fully saturated rings. The summed E-state index contributed by atoms with van der Waals surface area (Å²) in [7, 11) is 0. The molecule has 166 valence electrons. The fraction of sp³-hybridized carbons (Fsp3) is 0.320. The standard InChI is InChI=1S/C25H26ClN3O3/c26-19-6-1-5-18(17-19)10-11-23(30)27-22-8-2-7-21-20(22)12-16-29(25(21)32)15-4-14-28-13-3-9-24(28)31/h1-2,5-8,12,16-17H,3-4,9-11,13-15H2,(H,27,30). The smallest absolute Gasteiger partial charge is 0.258 e. The van der Waals surface area contributed by atoms with Crippen LogP contribution in [0, 0.1) is 0 Å². The Kier molecular flexibility index (Phi) is 6.90. The van der Waals surface area contributed by atoms with Crippen molar-refractivity contribution in [1.29, 1.82) is 0 Å². The molecular weight excluding hydrogens is 426 g/mol. The van der Waals surface area contributed by atoms with Crippen LogP contribution >= 0.6 is 11.6 Å². The summed E-state index contributed by atoms with van der Waals surface area (Å²) in [6, 6.07) is 14.7. The van der Waals surface area contributed by atoms with Crippen LogP contribution in [-0.4, -0.2) is 34.4 Å². The molecule has 7 heteroatoms. The minimum absolute atomic E-state index is 0.0923. The lowest BCUT2D eigenvalue weighted by Crippen LogP contribution is -2.28. The number of benzene rings is 2. The van der Waals surface area contributed by atoms with E-state index in [4.69, 9.17) is 11.6 Å². The van der Waals surface area contributed by atoms with Crippen LogP contribution in [0.15, 0.2) is 59.5 Å². The summed E-state index contributed by atoms with van der Waals surface area (Å²) in [4.78, 5) is 39.1. The van der Waals surface area contributed by atoms with Crippen molar-refractivity contribution in [3.8, 4) is 0 Å². The van der Waals surface area contributed by atoms with Gasteiger partial charge in [0.2, 0.25) is 11.8 Å². The number of amides is 2. The van der Waals surface area contributed by atoms with Gasteiger partial charge in [-0.2, -0.15) is 0 Å². The summed E-state index contributed by atoms with van der Waals surface area (Å²) in [5.74, 6) is 0.0866. The largest absolute Gasteiger partial charge is 0.343 e. The van der Waals surface area contributed by atoms with Gasteiger partial charge in [-0.05, 0) is 55.2 Å². The van der Waals surface area contributed by atoms with E-state index in [2.05, 4.69) is 5.32 Å². The number of aromatic nitrogens is 1. The van der Waals surface area contributed by atoms with Crippen molar-refractivity contribution in [2.75, 3.05) is 18.4 Å². The van der Waals surface area contributed by atoms with Gasteiger partial charge < -0.3 is 14.8 Å². The van der Waals surface area contributed by atoms with Crippen LogP contribution in [0.5, 0.6) is 0 Å². The molecular formula is C25H26ClN3O3. The quantitative estimate of drug-likeness (QED) is 0.556. The van der Waals surface area contributed by atoms with Gasteiger partial charge in [-0.3, -0.25) is 14.4 Å². The van der Waals surface area contributed by atoms with Crippen molar-refractivity contribution in [1.82, 2.24) is 9.47 Å². The number of carbonyl (C=O) groups is 2. The molecule has 3 aromatic rings. The molecule has 4 rings (SSSR count). The van der Waals surface area contributed by atoms with E-state index in [9.17, 15) is 14.4 Å². The molecule has 1 aromatic heterocycles. The van der Waals surface area contributed by atoms with Crippen LogP contribution in [0.4, 0.5) is 5.69 Å². The first-order valence-corrected chi connectivity index (χ1v) is 11.3. The van der Waals surface area contributed by atoms with Crippen LogP contribution < -0.4 is 10.9 Å². The average Bonchev–Trinajstić information content (AvgIpc) is 3.19. The molecule has 2 heterocycles. The van der Waals surface area contributed by atoms with Crippen molar-refractivity contribution in [3.05, 3.63) is 75.7 Å². The van der Waals surface area contributed by atoms with Gasteiger partial charge in [0, 0.05) is 60.2 Å². The summed E-state index contributed by atoms with van der Waals surface area (Å²) in [6.45, 7) is 2.03. The van der Waals surface area contributed by atoms with Gasteiger partial charge in [0.15, 0.2) is 0 Å². The summed E-state index contributed by atoms with van der Waals surface area (Å²) in [5.41, 5.74) is 1.54.